The lowest BCUT2D eigenvalue weighted by molar-refractivity contribution is 0.0505. The van der Waals surface area contributed by atoms with Crippen molar-refractivity contribution in [1.82, 2.24) is 15.5 Å². The molecule has 0 aliphatic rings. The Morgan fingerprint density at radius 1 is 1.58 bits per heavy atom. The number of alkyl carbamates (subject to hydrolysis) is 1. The number of nitrogens with two attached hydrogens (primary N) is 1. The highest BCUT2D eigenvalue weighted by Crippen LogP contribution is 2.13. The lowest BCUT2D eigenvalue weighted by atomic mass is 10.2. The molecule has 0 aliphatic carbocycles. The first-order valence-corrected chi connectivity index (χ1v) is 5.77. The molecule has 0 unspecified atom stereocenters. The molecule has 1 aromatic rings. The van der Waals surface area contributed by atoms with E-state index in [-0.39, 0.29) is 11.7 Å². The van der Waals surface area contributed by atoms with Gasteiger partial charge in [0.1, 0.15) is 11.6 Å². The van der Waals surface area contributed by atoms with E-state index in [0.717, 1.165) is 0 Å². The Morgan fingerprint density at radius 3 is 2.74 bits per heavy atom. The van der Waals surface area contributed by atoms with Gasteiger partial charge in [-0.1, -0.05) is 11.1 Å². The third-order valence-corrected chi connectivity index (χ3v) is 2.02. The van der Waals surface area contributed by atoms with E-state index >= 15 is 0 Å². The molecule has 0 radical (unpaired) electrons. The monoisotopic (exact) mass is 266 g/mol. The van der Waals surface area contributed by atoms with Crippen molar-refractivity contribution >= 4 is 6.09 Å². The number of rotatable bonds is 3. The fourth-order valence-corrected chi connectivity index (χ4v) is 1.17. The molecule has 1 heterocycles. The van der Waals surface area contributed by atoms with Crippen LogP contribution in [0.25, 0.3) is 0 Å². The lowest BCUT2D eigenvalue weighted by Gasteiger charge is -2.20. The van der Waals surface area contributed by atoms with Crippen LogP contribution in [0, 0.1) is 12.3 Å². The molecule has 0 bridgehead atoms. The molecule has 104 valence electrons. The van der Waals surface area contributed by atoms with Crippen molar-refractivity contribution in [1.29, 1.82) is 0 Å². The van der Waals surface area contributed by atoms with Gasteiger partial charge in [-0.15, -0.1) is 6.42 Å². The standard InChI is InChI=1S/C12H18N4O3/c1-6-8(13)10-15-9(16-19-10)7(2)14-11(17)18-12(3,4)5/h1,7-8H,13H2,2-5H3,(H,14,17)/t7-,8-/m0/s1. The molecule has 0 saturated carbocycles. The molecule has 1 rings (SSSR count). The minimum absolute atomic E-state index is 0.135. The molecule has 0 fully saturated rings. The van der Waals surface area contributed by atoms with Crippen molar-refractivity contribution in [2.24, 2.45) is 5.73 Å². The lowest BCUT2D eigenvalue weighted by Crippen LogP contribution is -2.34. The van der Waals surface area contributed by atoms with E-state index in [1.807, 2.05) is 0 Å². The van der Waals surface area contributed by atoms with Crippen LogP contribution >= 0.6 is 0 Å². The summed E-state index contributed by atoms with van der Waals surface area (Å²) in [6, 6.07) is -1.23. The fraction of sp³-hybridized carbons (Fsp3) is 0.583. The zero-order valence-corrected chi connectivity index (χ0v) is 11.4. The number of hydrogen-bond acceptors (Lipinski definition) is 6. The molecule has 0 spiro atoms. The molecule has 0 aliphatic heterocycles. The van der Waals surface area contributed by atoms with Gasteiger partial charge >= 0.3 is 6.09 Å². The minimum Gasteiger partial charge on any atom is -0.444 e. The van der Waals surface area contributed by atoms with Gasteiger partial charge in [-0.25, -0.2) is 4.79 Å². The van der Waals surface area contributed by atoms with Gasteiger partial charge in [0.05, 0.1) is 6.04 Å². The number of amides is 1. The van der Waals surface area contributed by atoms with E-state index in [4.69, 9.17) is 21.4 Å². The van der Waals surface area contributed by atoms with Gasteiger partial charge in [-0.3, -0.25) is 0 Å². The Bertz CT molecular complexity index is 484. The molecule has 1 aromatic heterocycles. The van der Waals surface area contributed by atoms with Crippen LogP contribution < -0.4 is 11.1 Å². The normalized spacial score (nSPS) is 14.3. The summed E-state index contributed by atoms with van der Waals surface area (Å²) in [7, 11) is 0. The second-order valence-corrected chi connectivity index (χ2v) is 5.00. The van der Waals surface area contributed by atoms with Crippen molar-refractivity contribution in [3.8, 4) is 12.3 Å². The van der Waals surface area contributed by atoms with Crippen LogP contribution in [0.5, 0.6) is 0 Å². The number of hydrogen-bond donors (Lipinski definition) is 2. The van der Waals surface area contributed by atoms with Gasteiger partial charge in [0.15, 0.2) is 5.82 Å². The third kappa shape index (κ3) is 4.60. The van der Waals surface area contributed by atoms with E-state index in [1.54, 1.807) is 27.7 Å². The van der Waals surface area contributed by atoms with Crippen molar-refractivity contribution in [2.75, 3.05) is 0 Å². The second kappa shape index (κ2) is 5.71. The van der Waals surface area contributed by atoms with Gasteiger partial charge < -0.3 is 20.3 Å². The highest BCUT2D eigenvalue weighted by Gasteiger charge is 2.21. The maximum atomic E-state index is 11.6. The third-order valence-electron chi connectivity index (χ3n) is 2.02. The number of nitrogens with zero attached hydrogens (tertiary/aromatic N) is 2. The average molecular weight is 266 g/mol. The van der Waals surface area contributed by atoms with E-state index in [0.29, 0.717) is 0 Å². The van der Waals surface area contributed by atoms with Gasteiger partial charge in [0.2, 0.25) is 0 Å². The highest BCUT2D eigenvalue weighted by molar-refractivity contribution is 5.68. The first-order valence-electron chi connectivity index (χ1n) is 5.77. The van der Waals surface area contributed by atoms with E-state index in [2.05, 4.69) is 21.4 Å². The first-order chi connectivity index (χ1) is 8.73. The number of aromatic nitrogens is 2. The first kappa shape index (κ1) is 15.0. The molecular weight excluding hydrogens is 248 g/mol. The number of ether oxygens (including phenoxy) is 1. The zero-order valence-electron chi connectivity index (χ0n) is 11.4. The summed E-state index contributed by atoms with van der Waals surface area (Å²) in [5, 5.41) is 6.29. The largest absolute Gasteiger partial charge is 0.444 e. The van der Waals surface area contributed by atoms with E-state index in [9.17, 15) is 4.79 Å². The van der Waals surface area contributed by atoms with Crippen LogP contribution in [0.2, 0.25) is 0 Å². The second-order valence-electron chi connectivity index (χ2n) is 5.00. The summed E-state index contributed by atoms with van der Waals surface area (Å²) in [4.78, 5) is 15.6. The zero-order chi connectivity index (χ0) is 14.6. The maximum Gasteiger partial charge on any atom is 0.408 e. The molecule has 3 N–H and O–H groups in total. The Balaban J connectivity index is 2.64. The van der Waals surface area contributed by atoms with Crippen LogP contribution in [0.15, 0.2) is 4.52 Å². The van der Waals surface area contributed by atoms with E-state index in [1.165, 1.54) is 0 Å². The Morgan fingerprint density at radius 2 is 2.21 bits per heavy atom. The number of carbonyl (C=O) groups excluding carboxylic acids is 1. The van der Waals surface area contributed by atoms with Crippen LogP contribution in [0.4, 0.5) is 4.79 Å². The molecule has 0 aromatic carbocycles. The Hall–Kier alpha value is -2.07. The van der Waals surface area contributed by atoms with Gasteiger partial charge in [0, 0.05) is 0 Å². The molecular formula is C12H18N4O3. The number of carbonyl (C=O) groups is 1. The molecule has 1 amide bonds. The molecule has 19 heavy (non-hydrogen) atoms. The minimum atomic E-state index is -0.755. The van der Waals surface area contributed by atoms with Crippen LogP contribution in [-0.4, -0.2) is 21.8 Å². The summed E-state index contributed by atoms with van der Waals surface area (Å²) in [6.45, 7) is 7.01. The van der Waals surface area contributed by atoms with Gasteiger partial charge in [0.25, 0.3) is 5.89 Å². The van der Waals surface area contributed by atoms with Crippen LogP contribution in [0.3, 0.4) is 0 Å². The van der Waals surface area contributed by atoms with Gasteiger partial charge in [-0.05, 0) is 27.7 Å². The smallest absolute Gasteiger partial charge is 0.408 e. The van der Waals surface area contributed by atoms with Crippen molar-refractivity contribution in [2.45, 2.75) is 45.4 Å². The predicted octanol–water partition coefficient (Wildman–Crippen LogP) is 1.29. The van der Waals surface area contributed by atoms with Crippen LogP contribution in [0.1, 0.15) is 51.5 Å². The van der Waals surface area contributed by atoms with Crippen molar-refractivity contribution in [3.05, 3.63) is 11.7 Å². The Kier molecular flexibility index (Phi) is 4.51. The fourth-order valence-electron chi connectivity index (χ4n) is 1.17. The summed E-state index contributed by atoms with van der Waals surface area (Å²) in [5.41, 5.74) is 4.98. The Labute approximate surface area is 111 Å². The highest BCUT2D eigenvalue weighted by atomic mass is 16.6. The summed E-state index contributed by atoms with van der Waals surface area (Å²) in [5.74, 6) is 2.69. The number of terminal acetylenes is 1. The molecule has 7 nitrogen and oxygen atoms in total. The van der Waals surface area contributed by atoms with Crippen molar-refractivity contribution < 1.29 is 14.1 Å². The van der Waals surface area contributed by atoms with Crippen molar-refractivity contribution in [3.63, 3.8) is 0 Å². The van der Waals surface area contributed by atoms with E-state index < -0.39 is 23.8 Å². The molecule has 0 saturated heterocycles. The SMILES string of the molecule is C#C[C@H](N)c1nc([C@H](C)NC(=O)OC(C)(C)C)no1. The summed E-state index contributed by atoms with van der Waals surface area (Å²) in [6.07, 6.45) is 4.58. The molecule has 7 heteroatoms. The quantitative estimate of drug-likeness (QED) is 0.799. The predicted molar refractivity (Wildman–Crippen MR) is 67.8 cm³/mol. The summed E-state index contributed by atoms with van der Waals surface area (Å²) >= 11 is 0. The average Bonchev–Trinajstić information content (AvgIpc) is 2.74. The van der Waals surface area contributed by atoms with Crippen LogP contribution in [-0.2, 0) is 4.74 Å². The molecule has 2 atom stereocenters. The maximum absolute atomic E-state index is 11.6. The number of nitrogens with one attached hydrogen (secondary N) is 1. The van der Waals surface area contributed by atoms with Gasteiger partial charge in [-0.2, -0.15) is 4.98 Å². The topological polar surface area (TPSA) is 103 Å². The summed E-state index contributed by atoms with van der Waals surface area (Å²) < 4.78 is 10.0.